The van der Waals surface area contributed by atoms with Crippen molar-refractivity contribution in [2.24, 2.45) is 0 Å². The Kier molecular flexibility index (Phi) is 4.76. The van der Waals surface area contributed by atoms with Crippen LogP contribution < -0.4 is 5.32 Å². The lowest BCUT2D eigenvalue weighted by molar-refractivity contribution is 0.867. The normalized spacial score (nSPS) is 10.8. The molecular formula is C17H17BrN6. The van der Waals surface area contributed by atoms with E-state index in [4.69, 9.17) is 0 Å². The van der Waals surface area contributed by atoms with E-state index >= 15 is 0 Å². The Morgan fingerprint density at radius 1 is 1.21 bits per heavy atom. The summed E-state index contributed by atoms with van der Waals surface area (Å²) in [7, 11) is 0. The van der Waals surface area contributed by atoms with E-state index in [9.17, 15) is 5.26 Å². The first kappa shape index (κ1) is 16.4. The maximum atomic E-state index is 9.51. The number of imidazole rings is 1. The third kappa shape index (κ3) is 3.10. The number of fused-ring (bicyclic) bond motifs is 1. The summed E-state index contributed by atoms with van der Waals surface area (Å²) < 4.78 is 2.95. The second kappa shape index (κ2) is 6.97. The molecule has 3 heterocycles. The van der Waals surface area contributed by atoms with Gasteiger partial charge in [0.05, 0.1) is 17.9 Å². The molecule has 0 amide bonds. The molecule has 0 aliphatic heterocycles. The summed E-state index contributed by atoms with van der Waals surface area (Å²) in [6.07, 6.45) is 5.44. The molecule has 1 N–H and O–H groups in total. The van der Waals surface area contributed by atoms with E-state index in [0.717, 1.165) is 39.9 Å². The molecule has 24 heavy (non-hydrogen) atoms. The largest absolute Gasteiger partial charge is 0.362 e. The lowest BCUT2D eigenvalue weighted by Gasteiger charge is -2.11. The maximum absolute atomic E-state index is 9.51. The van der Waals surface area contributed by atoms with Gasteiger partial charge in [0, 0.05) is 16.9 Å². The van der Waals surface area contributed by atoms with Crippen molar-refractivity contribution in [2.75, 3.05) is 5.32 Å². The molecule has 0 aliphatic rings. The van der Waals surface area contributed by atoms with Crippen LogP contribution in [-0.4, -0.2) is 19.6 Å². The molecule has 0 unspecified atom stereocenters. The van der Waals surface area contributed by atoms with Crippen LogP contribution in [-0.2, 0) is 19.4 Å². The first-order chi connectivity index (χ1) is 11.7. The standard InChI is InChI=1S/C17H17BrN6/c1-3-13-14(7-19)17(23-22-15(13)4-2)20-8-12-10-24-9-11(18)5-6-16(24)21-12/h5-6,9-10H,3-4,8H2,1-2H3,(H,20,23). The number of anilines is 1. The third-order valence-corrected chi connectivity index (χ3v) is 4.33. The van der Waals surface area contributed by atoms with Crippen molar-refractivity contribution >= 4 is 27.4 Å². The molecule has 0 bridgehead atoms. The van der Waals surface area contributed by atoms with Crippen molar-refractivity contribution in [2.45, 2.75) is 33.2 Å². The van der Waals surface area contributed by atoms with Gasteiger partial charge in [-0.25, -0.2) is 4.98 Å². The molecule has 0 aromatic carbocycles. The molecule has 0 saturated heterocycles. The van der Waals surface area contributed by atoms with Crippen LogP contribution in [0.25, 0.3) is 5.65 Å². The zero-order valence-corrected chi connectivity index (χ0v) is 15.1. The average molecular weight is 385 g/mol. The molecule has 0 radical (unpaired) electrons. The van der Waals surface area contributed by atoms with Crippen LogP contribution in [0, 0.1) is 11.3 Å². The first-order valence-electron chi connectivity index (χ1n) is 7.81. The van der Waals surface area contributed by atoms with E-state index < -0.39 is 0 Å². The van der Waals surface area contributed by atoms with Crippen LogP contribution in [0.5, 0.6) is 0 Å². The number of rotatable bonds is 5. The Morgan fingerprint density at radius 2 is 2.04 bits per heavy atom. The molecule has 0 atom stereocenters. The van der Waals surface area contributed by atoms with E-state index in [-0.39, 0.29) is 0 Å². The fraction of sp³-hybridized carbons (Fsp3) is 0.294. The molecule has 3 aromatic rings. The fourth-order valence-electron chi connectivity index (χ4n) is 2.69. The number of aryl methyl sites for hydroxylation is 1. The number of aromatic nitrogens is 4. The minimum atomic E-state index is 0.483. The number of nitrogens with zero attached hydrogens (tertiary/aromatic N) is 5. The Labute approximate surface area is 148 Å². The van der Waals surface area contributed by atoms with E-state index in [1.807, 2.05) is 42.8 Å². The maximum Gasteiger partial charge on any atom is 0.167 e. The number of nitrogens with one attached hydrogen (secondary N) is 1. The smallest absolute Gasteiger partial charge is 0.167 e. The second-order valence-corrected chi connectivity index (χ2v) is 6.28. The summed E-state index contributed by atoms with van der Waals surface area (Å²) in [5.74, 6) is 0.518. The van der Waals surface area contributed by atoms with Crippen molar-refractivity contribution in [1.29, 1.82) is 5.26 Å². The summed E-state index contributed by atoms with van der Waals surface area (Å²) in [4.78, 5) is 4.55. The lowest BCUT2D eigenvalue weighted by atomic mass is 10.0. The highest BCUT2D eigenvalue weighted by molar-refractivity contribution is 9.10. The van der Waals surface area contributed by atoms with E-state index in [0.29, 0.717) is 17.9 Å². The molecule has 3 aromatic heterocycles. The van der Waals surface area contributed by atoms with Crippen molar-refractivity contribution in [3.8, 4) is 6.07 Å². The highest BCUT2D eigenvalue weighted by atomic mass is 79.9. The summed E-state index contributed by atoms with van der Waals surface area (Å²) in [5, 5.41) is 21.1. The van der Waals surface area contributed by atoms with Crippen LogP contribution >= 0.6 is 15.9 Å². The molecule has 6 nitrogen and oxygen atoms in total. The minimum absolute atomic E-state index is 0.483. The van der Waals surface area contributed by atoms with Crippen molar-refractivity contribution in [3.05, 3.63) is 51.5 Å². The topological polar surface area (TPSA) is 78.9 Å². The van der Waals surface area contributed by atoms with Gasteiger partial charge in [0.25, 0.3) is 0 Å². The van der Waals surface area contributed by atoms with Crippen LogP contribution in [0.1, 0.15) is 36.4 Å². The number of halogens is 1. The van der Waals surface area contributed by atoms with Gasteiger partial charge in [-0.3, -0.25) is 0 Å². The fourth-order valence-corrected chi connectivity index (χ4v) is 3.05. The van der Waals surface area contributed by atoms with Gasteiger partial charge < -0.3 is 9.72 Å². The highest BCUT2D eigenvalue weighted by Crippen LogP contribution is 2.20. The summed E-state index contributed by atoms with van der Waals surface area (Å²) in [6, 6.07) is 6.16. The molecular weight excluding hydrogens is 368 g/mol. The third-order valence-electron chi connectivity index (χ3n) is 3.86. The zero-order valence-electron chi connectivity index (χ0n) is 13.5. The van der Waals surface area contributed by atoms with Crippen LogP contribution in [0.3, 0.4) is 0 Å². The number of nitriles is 1. The Bertz CT molecular complexity index is 925. The van der Waals surface area contributed by atoms with Gasteiger partial charge in [0.15, 0.2) is 5.82 Å². The quantitative estimate of drug-likeness (QED) is 0.727. The molecule has 0 saturated carbocycles. The van der Waals surface area contributed by atoms with E-state index in [1.165, 1.54) is 0 Å². The van der Waals surface area contributed by atoms with Crippen molar-refractivity contribution in [1.82, 2.24) is 19.6 Å². The number of pyridine rings is 1. The van der Waals surface area contributed by atoms with Gasteiger partial charge in [-0.1, -0.05) is 13.8 Å². The van der Waals surface area contributed by atoms with Gasteiger partial charge in [-0.05, 0) is 46.5 Å². The Hall–Kier alpha value is -2.46. The van der Waals surface area contributed by atoms with Crippen LogP contribution in [0.4, 0.5) is 5.82 Å². The number of hydrogen-bond acceptors (Lipinski definition) is 5. The zero-order chi connectivity index (χ0) is 17.1. The average Bonchev–Trinajstić information content (AvgIpc) is 3.00. The Morgan fingerprint density at radius 3 is 2.75 bits per heavy atom. The van der Waals surface area contributed by atoms with Crippen LogP contribution in [0.15, 0.2) is 29.0 Å². The number of hydrogen-bond donors (Lipinski definition) is 1. The van der Waals surface area contributed by atoms with Gasteiger partial charge in [0.2, 0.25) is 0 Å². The van der Waals surface area contributed by atoms with Gasteiger partial charge in [-0.15, -0.1) is 5.10 Å². The van der Waals surface area contributed by atoms with Gasteiger partial charge >= 0.3 is 0 Å². The lowest BCUT2D eigenvalue weighted by Crippen LogP contribution is -2.10. The van der Waals surface area contributed by atoms with E-state index in [1.54, 1.807) is 0 Å². The van der Waals surface area contributed by atoms with Crippen LogP contribution in [0.2, 0.25) is 0 Å². The first-order valence-corrected chi connectivity index (χ1v) is 8.61. The van der Waals surface area contributed by atoms with Gasteiger partial charge in [-0.2, -0.15) is 10.4 Å². The monoisotopic (exact) mass is 384 g/mol. The molecule has 0 spiro atoms. The molecule has 3 rings (SSSR count). The predicted octanol–water partition coefficient (Wildman–Crippen LogP) is 3.50. The van der Waals surface area contributed by atoms with E-state index in [2.05, 4.69) is 42.5 Å². The molecule has 7 heteroatoms. The summed E-state index contributed by atoms with van der Waals surface area (Å²) in [5.41, 5.74) is 4.18. The predicted molar refractivity (Wildman–Crippen MR) is 95.7 cm³/mol. The minimum Gasteiger partial charge on any atom is -0.362 e. The van der Waals surface area contributed by atoms with Crippen molar-refractivity contribution < 1.29 is 0 Å². The van der Waals surface area contributed by atoms with Gasteiger partial charge in [0.1, 0.15) is 17.3 Å². The SMILES string of the molecule is CCc1nnc(NCc2cn3cc(Br)ccc3n2)c(C#N)c1CC. The van der Waals surface area contributed by atoms with Crippen molar-refractivity contribution in [3.63, 3.8) is 0 Å². The summed E-state index contributed by atoms with van der Waals surface area (Å²) in [6.45, 7) is 4.53. The second-order valence-electron chi connectivity index (χ2n) is 5.37. The molecule has 0 aliphatic carbocycles. The Balaban J connectivity index is 1.86. The molecule has 0 fully saturated rings. The highest BCUT2D eigenvalue weighted by Gasteiger charge is 2.14. The summed E-state index contributed by atoms with van der Waals surface area (Å²) >= 11 is 3.45. The molecule has 122 valence electrons.